The molecule has 3 heterocycles. The van der Waals surface area contributed by atoms with Crippen molar-refractivity contribution in [1.29, 1.82) is 0 Å². The van der Waals surface area contributed by atoms with E-state index < -0.39 is 0 Å². The number of tetrazole rings is 1. The Morgan fingerprint density at radius 2 is 2.24 bits per heavy atom. The maximum Gasteiger partial charge on any atom is 0.324 e. The lowest BCUT2D eigenvalue weighted by Crippen LogP contribution is -2.26. The van der Waals surface area contributed by atoms with Gasteiger partial charge in [0.2, 0.25) is 5.95 Å². The zero-order valence-electron chi connectivity index (χ0n) is 11.0. The lowest BCUT2D eigenvalue weighted by Gasteiger charge is -2.31. The minimum Gasteiger partial charge on any atom is -0.327 e. The largest absolute Gasteiger partial charge is 0.327 e. The smallest absolute Gasteiger partial charge is 0.324 e. The van der Waals surface area contributed by atoms with Crippen LogP contribution in [0.4, 0.5) is 10.9 Å². The van der Waals surface area contributed by atoms with Crippen molar-refractivity contribution < 1.29 is 4.92 Å². The number of hydrogen-bond donors (Lipinski definition) is 1. The fourth-order valence-corrected chi connectivity index (χ4v) is 3.93. The summed E-state index contributed by atoms with van der Waals surface area (Å²) in [6.45, 7) is 0. The molecule has 0 saturated carbocycles. The second-order valence-corrected chi connectivity index (χ2v) is 6.21. The maximum absolute atomic E-state index is 10.9. The molecule has 0 fully saturated rings. The fraction of sp³-hybridized carbons (Fsp3) is 0.417. The molecular formula is C12H12N6O2S. The number of nitrogens with zero attached hydrogens (tertiary/aromatic N) is 5. The second-order valence-electron chi connectivity index (χ2n) is 5.12. The van der Waals surface area contributed by atoms with Crippen LogP contribution in [0.15, 0.2) is 23.4 Å². The quantitative estimate of drug-likeness (QED) is 0.676. The Morgan fingerprint density at radius 1 is 1.38 bits per heavy atom. The van der Waals surface area contributed by atoms with Crippen molar-refractivity contribution in [3.8, 4) is 0 Å². The average molecular weight is 304 g/mol. The third-order valence-electron chi connectivity index (χ3n) is 3.90. The molecule has 0 aromatic carbocycles. The van der Waals surface area contributed by atoms with Gasteiger partial charge >= 0.3 is 5.00 Å². The summed E-state index contributed by atoms with van der Waals surface area (Å²) < 4.78 is 1.72. The highest BCUT2D eigenvalue weighted by atomic mass is 32.1. The lowest BCUT2D eigenvalue weighted by molar-refractivity contribution is -0.380. The molecule has 1 N–H and O–H groups in total. The van der Waals surface area contributed by atoms with E-state index in [0.717, 1.165) is 30.6 Å². The first-order valence-corrected chi connectivity index (χ1v) is 7.56. The number of fused-ring (bicyclic) bond motifs is 1. The molecule has 0 saturated heterocycles. The second kappa shape index (κ2) is 4.62. The minimum atomic E-state index is -0.355. The summed E-state index contributed by atoms with van der Waals surface area (Å²) in [7, 11) is 0. The van der Waals surface area contributed by atoms with E-state index in [-0.39, 0.29) is 16.0 Å². The van der Waals surface area contributed by atoms with Gasteiger partial charge < -0.3 is 5.32 Å². The molecule has 0 bridgehead atoms. The van der Waals surface area contributed by atoms with E-state index in [0.29, 0.717) is 5.95 Å². The Labute approximate surface area is 123 Å². The zero-order chi connectivity index (χ0) is 14.4. The number of anilines is 1. The van der Waals surface area contributed by atoms with E-state index in [9.17, 15) is 10.1 Å². The summed E-state index contributed by atoms with van der Waals surface area (Å²) in [5.74, 6) is 0.608. The van der Waals surface area contributed by atoms with Crippen molar-refractivity contribution in [2.45, 2.75) is 31.7 Å². The van der Waals surface area contributed by atoms with Gasteiger partial charge in [-0.1, -0.05) is 16.4 Å². The van der Waals surface area contributed by atoms with Crippen molar-refractivity contribution in [2.24, 2.45) is 0 Å². The van der Waals surface area contributed by atoms with Gasteiger partial charge in [-0.2, -0.15) is 4.68 Å². The summed E-state index contributed by atoms with van der Waals surface area (Å²) in [4.78, 5) is 11.5. The van der Waals surface area contributed by atoms with E-state index in [4.69, 9.17) is 0 Å². The fourth-order valence-electron chi connectivity index (χ4n) is 2.99. The van der Waals surface area contributed by atoms with E-state index in [1.54, 1.807) is 10.7 Å². The average Bonchev–Trinajstić information content (AvgIpc) is 3.13. The number of aromatic nitrogens is 4. The van der Waals surface area contributed by atoms with Gasteiger partial charge in [-0.15, -0.1) is 0 Å². The monoisotopic (exact) mass is 304 g/mol. The van der Waals surface area contributed by atoms with Gasteiger partial charge in [0.1, 0.15) is 6.04 Å². The number of nitro groups is 1. The molecule has 1 aliphatic carbocycles. The SMILES string of the molecule is O=[N+]([O-])c1ccc(C2C3=C(CCCC3)Nc3nnnn32)s1. The molecule has 0 spiro atoms. The van der Waals surface area contributed by atoms with Crippen LogP contribution in [0.3, 0.4) is 0 Å². The maximum atomic E-state index is 10.9. The molecule has 9 heteroatoms. The molecule has 108 valence electrons. The third-order valence-corrected chi connectivity index (χ3v) is 4.99. The first-order valence-electron chi connectivity index (χ1n) is 6.75. The van der Waals surface area contributed by atoms with Crippen molar-refractivity contribution in [1.82, 2.24) is 20.2 Å². The predicted octanol–water partition coefficient (Wildman–Crippen LogP) is 2.49. The summed E-state index contributed by atoms with van der Waals surface area (Å²) in [5.41, 5.74) is 2.42. The van der Waals surface area contributed by atoms with Crippen LogP contribution in [0.5, 0.6) is 0 Å². The summed E-state index contributed by atoms with van der Waals surface area (Å²) in [6, 6.07) is 3.24. The van der Waals surface area contributed by atoms with Gasteiger partial charge in [0.25, 0.3) is 0 Å². The Morgan fingerprint density at radius 3 is 3.05 bits per heavy atom. The van der Waals surface area contributed by atoms with Crippen LogP contribution in [0.2, 0.25) is 0 Å². The molecule has 1 aliphatic heterocycles. The molecule has 21 heavy (non-hydrogen) atoms. The first-order chi connectivity index (χ1) is 10.2. The normalized spacial score (nSPS) is 20.7. The van der Waals surface area contributed by atoms with Crippen LogP contribution >= 0.6 is 11.3 Å². The standard InChI is InChI=1S/C12H12N6O2S/c19-18(20)10-6-5-9(21-10)11-7-3-1-2-4-8(7)13-12-14-15-16-17(11)12/h5-6,11H,1-4H2,(H,13,14,16). The van der Waals surface area contributed by atoms with Gasteiger partial charge in [0.15, 0.2) is 0 Å². The van der Waals surface area contributed by atoms with E-state index in [1.807, 2.05) is 6.07 Å². The number of hydrogen-bond acceptors (Lipinski definition) is 7. The lowest BCUT2D eigenvalue weighted by atomic mass is 9.89. The molecule has 8 nitrogen and oxygen atoms in total. The zero-order valence-corrected chi connectivity index (χ0v) is 11.8. The molecule has 1 unspecified atom stereocenters. The third kappa shape index (κ3) is 1.92. The van der Waals surface area contributed by atoms with Gasteiger partial charge in [0, 0.05) is 16.6 Å². The van der Waals surface area contributed by atoms with Crippen LogP contribution in [-0.2, 0) is 0 Å². The van der Waals surface area contributed by atoms with Gasteiger partial charge in [-0.05, 0) is 47.7 Å². The van der Waals surface area contributed by atoms with Crippen molar-refractivity contribution >= 4 is 22.3 Å². The Bertz CT molecular complexity index is 749. The van der Waals surface area contributed by atoms with Gasteiger partial charge in [0.05, 0.1) is 4.92 Å². The number of allylic oxidation sites excluding steroid dienone is 2. The number of thiophene rings is 1. The Hall–Kier alpha value is -2.29. The van der Waals surface area contributed by atoms with E-state index in [2.05, 4.69) is 20.8 Å². The predicted molar refractivity (Wildman–Crippen MR) is 76.0 cm³/mol. The van der Waals surface area contributed by atoms with Crippen molar-refractivity contribution in [2.75, 3.05) is 5.32 Å². The molecule has 2 aromatic heterocycles. The highest BCUT2D eigenvalue weighted by Gasteiger charge is 2.33. The molecule has 0 amide bonds. The van der Waals surface area contributed by atoms with Crippen molar-refractivity contribution in [3.05, 3.63) is 38.4 Å². The van der Waals surface area contributed by atoms with Gasteiger partial charge in [-0.3, -0.25) is 10.1 Å². The highest BCUT2D eigenvalue weighted by molar-refractivity contribution is 7.15. The van der Waals surface area contributed by atoms with E-state index in [1.165, 1.54) is 22.6 Å². The van der Waals surface area contributed by atoms with Gasteiger partial charge in [-0.25, -0.2) is 0 Å². The van der Waals surface area contributed by atoms with Crippen LogP contribution in [0.1, 0.15) is 36.6 Å². The topological polar surface area (TPSA) is 98.8 Å². The van der Waals surface area contributed by atoms with E-state index >= 15 is 0 Å². The summed E-state index contributed by atoms with van der Waals surface area (Å²) in [5, 5.41) is 26.1. The molecule has 2 aromatic rings. The number of nitrogens with one attached hydrogen (secondary N) is 1. The van der Waals surface area contributed by atoms with Crippen LogP contribution in [0.25, 0.3) is 0 Å². The molecule has 0 radical (unpaired) electrons. The first kappa shape index (κ1) is 12.5. The molecule has 2 aliphatic rings. The molecule has 1 atom stereocenters. The highest BCUT2D eigenvalue weighted by Crippen LogP contribution is 2.43. The van der Waals surface area contributed by atoms with Crippen molar-refractivity contribution in [3.63, 3.8) is 0 Å². The van der Waals surface area contributed by atoms with Crippen LogP contribution < -0.4 is 5.32 Å². The Kier molecular flexibility index (Phi) is 2.74. The number of rotatable bonds is 2. The summed E-state index contributed by atoms with van der Waals surface area (Å²) >= 11 is 1.19. The Balaban J connectivity index is 1.84. The summed E-state index contributed by atoms with van der Waals surface area (Å²) in [6.07, 6.45) is 4.22. The van der Waals surface area contributed by atoms with Crippen LogP contribution in [-0.4, -0.2) is 25.1 Å². The minimum absolute atomic E-state index is 0.120. The van der Waals surface area contributed by atoms with Crippen LogP contribution in [0, 0.1) is 10.1 Å². The molecule has 4 rings (SSSR count). The molecular weight excluding hydrogens is 292 g/mol.